The SMILES string of the molecule is CS(=O)(=O)N1CCCCC1C(=O)NCCNc1ncccc1C#N. The Morgan fingerprint density at radius 2 is 2.25 bits per heavy atom. The minimum atomic E-state index is -3.39. The van der Waals surface area contributed by atoms with E-state index < -0.39 is 16.1 Å². The van der Waals surface area contributed by atoms with Gasteiger partial charge in [0.25, 0.3) is 0 Å². The predicted molar refractivity (Wildman–Crippen MR) is 89.6 cm³/mol. The number of sulfonamides is 1. The highest BCUT2D eigenvalue weighted by molar-refractivity contribution is 7.88. The summed E-state index contributed by atoms with van der Waals surface area (Å²) in [5, 5.41) is 14.7. The molecular formula is C15H21N5O3S. The minimum absolute atomic E-state index is 0.288. The molecule has 0 saturated carbocycles. The number of amides is 1. The molecule has 1 aliphatic heterocycles. The molecule has 1 unspecified atom stereocenters. The standard InChI is InChI=1S/C15H21N5O3S/c1-24(22,23)20-10-3-2-6-13(20)15(21)19-9-8-18-14-12(11-16)5-4-7-17-14/h4-5,7,13H,2-3,6,8-10H2,1H3,(H,17,18)(H,19,21). The first-order valence-corrected chi connectivity index (χ1v) is 9.62. The van der Waals surface area contributed by atoms with E-state index in [9.17, 15) is 13.2 Å². The molecule has 8 nitrogen and oxygen atoms in total. The summed E-state index contributed by atoms with van der Waals surface area (Å²) >= 11 is 0. The van der Waals surface area contributed by atoms with Gasteiger partial charge in [0.2, 0.25) is 15.9 Å². The van der Waals surface area contributed by atoms with E-state index in [0.29, 0.717) is 37.4 Å². The molecule has 1 fully saturated rings. The molecule has 1 atom stereocenters. The molecule has 0 radical (unpaired) electrons. The predicted octanol–water partition coefficient (Wildman–Crippen LogP) is 0.295. The van der Waals surface area contributed by atoms with Crippen LogP contribution in [0.15, 0.2) is 18.3 Å². The van der Waals surface area contributed by atoms with Crippen molar-refractivity contribution in [2.45, 2.75) is 25.3 Å². The zero-order valence-corrected chi connectivity index (χ0v) is 14.3. The van der Waals surface area contributed by atoms with Crippen molar-refractivity contribution >= 4 is 21.7 Å². The smallest absolute Gasteiger partial charge is 0.238 e. The molecule has 2 rings (SSSR count). The summed E-state index contributed by atoms with van der Waals surface area (Å²) < 4.78 is 24.8. The van der Waals surface area contributed by atoms with Gasteiger partial charge in [0, 0.05) is 25.8 Å². The number of hydrogen-bond donors (Lipinski definition) is 2. The van der Waals surface area contributed by atoms with Crippen LogP contribution in [-0.2, 0) is 14.8 Å². The maximum atomic E-state index is 12.3. The molecule has 0 bridgehead atoms. The van der Waals surface area contributed by atoms with Gasteiger partial charge in [-0.2, -0.15) is 9.57 Å². The molecule has 1 aromatic rings. The van der Waals surface area contributed by atoms with Gasteiger partial charge in [-0.05, 0) is 25.0 Å². The molecule has 0 aliphatic carbocycles. The fourth-order valence-corrected chi connectivity index (χ4v) is 3.81. The molecule has 9 heteroatoms. The third-order valence-electron chi connectivity index (χ3n) is 3.83. The quantitative estimate of drug-likeness (QED) is 0.712. The van der Waals surface area contributed by atoms with Crippen LogP contribution in [0.25, 0.3) is 0 Å². The summed E-state index contributed by atoms with van der Waals surface area (Å²) in [5.41, 5.74) is 0.430. The molecular weight excluding hydrogens is 330 g/mol. The van der Waals surface area contributed by atoms with Gasteiger partial charge in [0.15, 0.2) is 0 Å². The van der Waals surface area contributed by atoms with E-state index in [1.807, 2.05) is 6.07 Å². The Hall–Kier alpha value is -2.18. The molecule has 1 aliphatic rings. The Kier molecular flexibility index (Phi) is 6.11. The van der Waals surface area contributed by atoms with Crippen molar-refractivity contribution in [2.24, 2.45) is 0 Å². The normalized spacial score (nSPS) is 18.6. The number of carbonyl (C=O) groups is 1. The van der Waals surface area contributed by atoms with Crippen LogP contribution in [-0.4, -0.2) is 55.5 Å². The first-order valence-electron chi connectivity index (χ1n) is 7.77. The molecule has 0 spiro atoms. The third kappa shape index (κ3) is 4.66. The van der Waals surface area contributed by atoms with E-state index in [2.05, 4.69) is 15.6 Å². The number of piperidine rings is 1. The Balaban J connectivity index is 1.85. The monoisotopic (exact) mass is 351 g/mol. The third-order valence-corrected chi connectivity index (χ3v) is 5.12. The number of rotatable bonds is 6. The van der Waals surface area contributed by atoms with Gasteiger partial charge in [0.05, 0.1) is 11.8 Å². The molecule has 2 heterocycles. The van der Waals surface area contributed by atoms with E-state index in [0.717, 1.165) is 19.1 Å². The number of anilines is 1. The topological polar surface area (TPSA) is 115 Å². The van der Waals surface area contributed by atoms with E-state index in [1.165, 1.54) is 4.31 Å². The Bertz CT molecular complexity index is 729. The second-order valence-electron chi connectivity index (χ2n) is 5.61. The Morgan fingerprint density at radius 3 is 2.96 bits per heavy atom. The lowest BCUT2D eigenvalue weighted by atomic mass is 10.0. The highest BCUT2D eigenvalue weighted by atomic mass is 32.2. The van der Waals surface area contributed by atoms with Crippen LogP contribution in [0.4, 0.5) is 5.82 Å². The van der Waals surface area contributed by atoms with Crippen LogP contribution in [0.1, 0.15) is 24.8 Å². The largest absolute Gasteiger partial charge is 0.367 e. The van der Waals surface area contributed by atoms with Gasteiger partial charge in [0.1, 0.15) is 17.9 Å². The van der Waals surface area contributed by atoms with Crippen LogP contribution in [0.3, 0.4) is 0 Å². The number of nitriles is 1. The van der Waals surface area contributed by atoms with Crippen molar-refractivity contribution in [1.29, 1.82) is 5.26 Å². The van der Waals surface area contributed by atoms with Crippen LogP contribution < -0.4 is 10.6 Å². The molecule has 1 aromatic heterocycles. The summed E-state index contributed by atoms with van der Waals surface area (Å²) in [6, 6.07) is 4.72. The van der Waals surface area contributed by atoms with Crippen LogP contribution >= 0.6 is 0 Å². The van der Waals surface area contributed by atoms with Crippen molar-refractivity contribution in [3.8, 4) is 6.07 Å². The van der Waals surface area contributed by atoms with E-state index in [4.69, 9.17) is 5.26 Å². The molecule has 1 amide bonds. The van der Waals surface area contributed by atoms with Gasteiger partial charge >= 0.3 is 0 Å². The second kappa shape index (κ2) is 8.08. The van der Waals surface area contributed by atoms with E-state index in [1.54, 1.807) is 18.3 Å². The number of pyridine rings is 1. The maximum Gasteiger partial charge on any atom is 0.238 e. The highest BCUT2D eigenvalue weighted by Gasteiger charge is 2.34. The van der Waals surface area contributed by atoms with E-state index >= 15 is 0 Å². The van der Waals surface area contributed by atoms with Gasteiger partial charge < -0.3 is 10.6 Å². The number of aromatic nitrogens is 1. The number of hydrogen-bond acceptors (Lipinski definition) is 6. The fraction of sp³-hybridized carbons (Fsp3) is 0.533. The van der Waals surface area contributed by atoms with Gasteiger partial charge in [-0.15, -0.1) is 0 Å². The maximum absolute atomic E-state index is 12.3. The summed E-state index contributed by atoms with van der Waals surface area (Å²) in [4.78, 5) is 16.3. The average Bonchev–Trinajstić information content (AvgIpc) is 2.58. The Labute approximate surface area is 141 Å². The first-order chi connectivity index (χ1) is 11.4. The molecule has 0 aromatic carbocycles. The zero-order chi connectivity index (χ0) is 17.6. The van der Waals surface area contributed by atoms with Gasteiger partial charge in [-0.1, -0.05) is 6.42 Å². The van der Waals surface area contributed by atoms with Crippen molar-refractivity contribution < 1.29 is 13.2 Å². The summed E-state index contributed by atoms with van der Waals surface area (Å²) in [5.74, 6) is 0.174. The lowest BCUT2D eigenvalue weighted by Crippen LogP contribution is -2.52. The fourth-order valence-electron chi connectivity index (χ4n) is 2.68. The summed E-state index contributed by atoms with van der Waals surface area (Å²) in [6.45, 7) is 1.09. The summed E-state index contributed by atoms with van der Waals surface area (Å²) in [6.07, 6.45) is 4.85. The number of nitrogens with one attached hydrogen (secondary N) is 2. The summed E-state index contributed by atoms with van der Waals surface area (Å²) in [7, 11) is -3.39. The van der Waals surface area contributed by atoms with Crippen LogP contribution in [0.5, 0.6) is 0 Å². The van der Waals surface area contributed by atoms with Crippen LogP contribution in [0.2, 0.25) is 0 Å². The Morgan fingerprint density at radius 1 is 1.46 bits per heavy atom. The molecule has 2 N–H and O–H groups in total. The van der Waals surface area contributed by atoms with Gasteiger partial charge in [-0.3, -0.25) is 4.79 Å². The molecule has 130 valence electrons. The molecule has 1 saturated heterocycles. The first kappa shape index (κ1) is 18.2. The highest BCUT2D eigenvalue weighted by Crippen LogP contribution is 2.19. The molecule has 24 heavy (non-hydrogen) atoms. The zero-order valence-electron chi connectivity index (χ0n) is 13.5. The van der Waals surface area contributed by atoms with Crippen LogP contribution in [0, 0.1) is 11.3 Å². The second-order valence-corrected chi connectivity index (χ2v) is 7.55. The lowest BCUT2D eigenvalue weighted by molar-refractivity contribution is -0.125. The average molecular weight is 351 g/mol. The van der Waals surface area contributed by atoms with Gasteiger partial charge in [-0.25, -0.2) is 13.4 Å². The van der Waals surface area contributed by atoms with Crippen molar-refractivity contribution in [2.75, 3.05) is 31.2 Å². The lowest BCUT2D eigenvalue weighted by Gasteiger charge is -2.32. The van der Waals surface area contributed by atoms with Crippen molar-refractivity contribution in [1.82, 2.24) is 14.6 Å². The number of carbonyl (C=O) groups excluding carboxylic acids is 1. The van der Waals surface area contributed by atoms with E-state index in [-0.39, 0.29) is 5.91 Å². The number of nitrogens with zero attached hydrogens (tertiary/aromatic N) is 3. The van der Waals surface area contributed by atoms with Crippen molar-refractivity contribution in [3.63, 3.8) is 0 Å². The van der Waals surface area contributed by atoms with Crippen molar-refractivity contribution in [3.05, 3.63) is 23.9 Å². The minimum Gasteiger partial charge on any atom is -0.367 e.